The molecular weight excluding hydrogens is 414 g/mol. The van der Waals surface area contributed by atoms with Crippen LogP contribution in [0.15, 0.2) is 65.2 Å². The molecule has 2 heterocycles. The number of carbonyl (C=O) groups excluding carboxylic acids is 1. The third kappa shape index (κ3) is 5.55. The highest BCUT2D eigenvalue weighted by atomic mass is 16.5. The van der Waals surface area contributed by atoms with E-state index in [2.05, 4.69) is 28.4 Å². The Morgan fingerprint density at radius 2 is 1.79 bits per heavy atom. The number of hydrogen-bond acceptors (Lipinski definition) is 5. The monoisotopic (exact) mass is 443 g/mol. The van der Waals surface area contributed by atoms with Crippen LogP contribution in [0.3, 0.4) is 0 Å². The molecule has 7 heteroatoms. The molecule has 0 unspecified atom stereocenters. The lowest BCUT2D eigenvalue weighted by atomic mass is 9.96. The van der Waals surface area contributed by atoms with E-state index < -0.39 is 0 Å². The van der Waals surface area contributed by atoms with Gasteiger partial charge in [0.15, 0.2) is 5.82 Å². The van der Waals surface area contributed by atoms with Gasteiger partial charge in [0.2, 0.25) is 11.8 Å². The van der Waals surface area contributed by atoms with Crippen LogP contribution >= 0.6 is 0 Å². The second-order valence-corrected chi connectivity index (χ2v) is 9.18. The number of benzene rings is 2. The summed E-state index contributed by atoms with van der Waals surface area (Å²) in [4.78, 5) is 17.2. The van der Waals surface area contributed by atoms with Crippen molar-refractivity contribution in [2.75, 3.05) is 5.32 Å². The van der Waals surface area contributed by atoms with Crippen LogP contribution in [-0.4, -0.2) is 25.8 Å². The van der Waals surface area contributed by atoms with E-state index >= 15 is 0 Å². The minimum Gasteiger partial charge on any atom is -0.339 e. The molecular formula is C26H29N5O2. The third-order valence-electron chi connectivity index (χ3n) is 5.35. The molecule has 170 valence electrons. The van der Waals surface area contributed by atoms with Crippen LogP contribution in [0, 0.1) is 6.92 Å². The summed E-state index contributed by atoms with van der Waals surface area (Å²) in [7, 11) is 0. The summed E-state index contributed by atoms with van der Waals surface area (Å²) in [6.45, 7) is 8.68. The molecule has 4 rings (SSSR count). The summed E-state index contributed by atoms with van der Waals surface area (Å²) in [5, 5.41) is 11.8. The zero-order chi connectivity index (χ0) is 23.4. The Labute approximate surface area is 193 Å². The van der Waals surface area contributed by atoms with E-state index in [-0.39, 0.29) is 17.7 Å². The van der Waals surface area contributed by atoms with Crippen LogP contribution in [-0.2, 0) is 23.2 Å². The van der Waals surface area contributed by atoms with Gasteiger partial charge in [0, 0.05) is 29.9 Å². The van der Waals surface area contributed by atoms with Crippen LogP contribution in [0.2, 0.25) is 0 Å². The van der Waals surface area contributed by atoms with Crippen LogP contribution in [0.4, 0.5) is 5.82 Å². The van der Waals surface area contributed by atoms with Crippen molar-refractivity contribution in [3.8, 4) is 11.3 Å². The van der Waals surface area contributed by atoms with Crippen molar-refractivity contribution >= 4 is 11.7 Å². The van der Waals surface area contributed by atoms with Crippen LogP contribution < -0.4 is 5.32 Å². The van der Waals surface area contributed by atoms with Crippen molar-refractivity contribution in [3.05, 3.63) is 83.5 Å². The Kier molecular flexibility index (Phi) is 6.40. The number of nitrogens with one attached hydrogen (secondary N) is 1. The average molecular weight is 444 g/mol. The molecule has 1 N–H and O–H groups in total. The standard InChI is InChI=1S/C26H29N5O2/c1-18-10-8-9-13-20(18)21-16-22(31(29-21)17-19-11-6-5-7-12-19)27-23(32)14-15-24-28-25(30-33-24)26(2,3)4/h5-13,16H,14-15,17H2,1-4H3,(H,27,32). The largest absolute Gasteiger partial charge is 0.339 e. The van der Waals surface area contributed by atoms with E-state index in [0.717, 1.165) is 22.4 Å². The fourth-order valence-corrected chi connectivity index (χ4v) is 3.47. The number of aryl methyl sites for hydroxylation is 2. The highest BCUT2D eigenvalue weighted by Crippen LogP contribution is 2.26. The number of anilines is 1. The SMILES string of the molecule is Cc1ccccc1-c1cc(NC(=O)CCc2nc(C(C)(C)C)no2)n(Cc2ccccc2)n1. The molecule has 0 aliphatic rings. The molecule has 0 saturated heterocycles. The van der Waals surface area contributed by atoms with Crippen molar-refractivity contribution in [2.45, 2.75) is 52.5 Å². The molecule has 1 amide bonds. The first kappa shape index (κ1) is 22.5. The number of nitrogens with zero attached hydrogens (tertiary/aromatic N) is 4. The van der Waals surface area contributed by atoms with Crippen molar-refractivity contribution in [3.63, 3.8) is 0 Å². The third-order valence-corrected chi connectivity index (χ3v) is 5.35. The maximum absolute atomic E-state index is 12.8. The highest BCUT2D eigenvalue weighted by Gasteiger charge is 2.21. The van der Waals surface area contributed by atoms with Gasteiger partial charge < -0.3 is 9.84 Å². The molecule has 0 atom stereocenters. The Morgan fingerprint density at radius 3 is 2.48 bits per heavy atom. The lowest BCUT2D eigenvalue weighted by molar-refractivity contribution is -0.116. The molecule has 0 saturated carbocycles. The molecule has 0 aliphatic heterocycles. The smallest absolute Gasteiger partial charge is 0.227 e. The predicted molar refractivity (Wildman–Crippen MR) is 128 cm³/mol. The van der Waals surface area contributed by atoms with E-state index in [9.17, 15) is 4.79 Å². The predicted octanol–water partition coefficient (Wildman–Crippen LogP) is 5.16. The zero-order valence-corrected chi connectivity index (χ0v) is 19.5. The van der Waals surface area contributed by atoms with Gasteiger partial charge in [-0.3, -0.25) is 4.79 Å². The number of aromatic nitrogens is 4. The lowest BCUT2D eigenvalue weighted by Crippen LogP contribution is -2.17. The van der Waals surface area contributed by atoms with Crippen LogP contribution in [0.5, 0.6) is 0 Å². The summed E-state index contributed by atoms with van der Waals surface area (Å²) in [6, 6.07) is 20.1. The fourth-order valence-electron chi connectivity index (χ4n) is 3.47. The van der Waals surface area contributed by atoms with Gasteiger partial charge in [-0.05, 0) is 18.1 Å². The van der Waals surface area contributed by atoms with Gasteiger partial charge >= 0.3 is 0 Å². The average Bonchev–Trinajstić information content (AvgIpc) is 3.41. The van der Waals surface area contributed by atoms with Crippen molar-refractivity contribution in [2.24, 2.45) is 0 Å². The Balaban J connectivity index is 1.52. The Morgan fingerprint density at radius 1 is 1.06 bits per heavy atom. The van der Waals surface area contributed by atoms with Crippen LogP contribution in [0.1, 0.15) is 50.0 Å². The van der Waals surface area contributed by atoms with E-state index in [1.807, 2.05) is 80.1 Å². The maximum Gasteiger partial charge on any atom is 0.227 e. The van der Waals surface area contributed by atoms with Gasteiger partial charge in [0.1, 0.15) is 5.82 Å². The summed E-state index contributed by atoms with van der Waals surface area (Å²) < 4.78 is 7.14. The molecule has 33 heavy (non-hydrogen) atoms. The quantitative estimate of drug-likeness (QED) is 0.426. The van der Waals surface area contributed by atoms with Crippen molar-refractivity contribution in [1.82, 2.24) is 19.9 Å². The first-order chi connectivity index (χ1) is 15.8. The number of amides is 1. The fraction of sp³-hybridized carbons (Fsp3) is 0.308. The molecule has 0 spiro atoms. The highest BCUT2D eigenvalue weighted by molar-refractivity contribution is 5.90. The first-order valence-corrected chi connectivity index (χ1v) is 11.1. The molecule has 0 bridgehead atoms. The molecule has 0 radical (unpaired) electrons. The van der Waals surface area contributed by atoms with Gasteiger partial charge in [-0.1, -0.05) is 80.5 Å². The minimum absolute atomic E-state index is 0.129. The Bertz CT molecular complexity index is 1240. The number of rotatable bonds is 7. The van der Waals surface area contributed by atoms with Gasteiger partial charge in [-0.2, -0.15) is 10.1 Å². The topological polar surface area (TPSA) is 85.8 Å². The Hall–Kier alpha value is -3.74. The van der Waals surface area contributed by atoms with Gasteiger partial charge in [-0.15, -0.1) is 0 Å². The number of carbonyl (C=O) groups is 1. The molecule has 0 aliphatic carbocycles. The zero-order valence-electron chi connectivity index (χ0n) is 19.5. The molecule has 0 fully saturated rings. The van der Waals surface area contributed by atoms with Gasteiger partial charge in [0.05, 0.1) is 12.2 Å². The summed E-state index contributed by atoms with van der Waals surface area (Å²) in [6.07, 6.45) is 0.619. The summed E-state index contributed by atoms with van der Waals surface area (Å²) >= 11 is 0. The summed E-state index contributed by atoms with van der Waals surface area (Å²) in [5.74, 6) is 1.63. The van der Waals surface area contributed by atoms with E-state index in [4.69, 9.17) is 9.62 Å². The van der Waals surface area contributed by atoms with Crippen LogP contribution in [0.25, 0.3) is 11.3 Å². The maximum atomic E-state index is 12.8. The second-order valence-electron chi connectivity index (χ2n) is 9.18. The van der Waals surface area contributed by atoms with E-state index in [0.29, 0.717) is 30.5 Å². The first-order valence-electron chi connectivity index (χ1n) is 11.1. The van der Waals surface area contributed by atoms with Gasteiger partial charge in [0.25, 0.3) is 0 Å². The van der Waals surface area contributed by atoms with E-state index in [1.54, 1.807) is 0 Å². The van der Waals surface area contributed by atoms with E-state index in [1.165, 1.54) is 0 Å². The van der Waals surface area contributed by atoms with Crippen molar-refractivity contribution in [1.29, 1.82) is 0 Å². The second kappa shape index (κ2) is 9.40. The lowest BCUT2D eigenvalue weighted by Gasteiger charge is -2.10. The normalized spacial score (nSPS) is 11.5. The summed E-state index contributed by atoms with van der Waals surface area (Å²) in [5.41, 5.74) is 3.91. The molecule has 7 nitrogen and oxygen atoms in total. The minimum atomic E-state index is -0.195. The van der Waals surface area contributed by atoms with Gasteiger partial charge in [-0.25, -0.2) is 4.68 Å². The number of hydrogen-bond donors (Lipinski definition) is 1. The molecule has 2 aromatic carbocycles. The van der Waals surface area contributed by atoms with Crippen molar-refractivity contribution < 1.29 is 9.32 Å². The molecule has 4 aromatic rings. The molecule has 2 aromatic heterocycles.